The van der Waals surface area contributed by atoms with Gasteiger partial charge in [0.05, 0.1) is 12.8 Å². The van der Waals surface area contributed by atoms with Crippen molar-refractivity contribution < 1.29 is 0 Å². The van der Waals surface area contributed by atoms with Gasteiger partial charge in [-0.25, -0.2) is 0 Å². The Morgan fingerprint density at radius 1 is 1.88 bits per heavy atom. The minimum atomic E-state index is -1.23. The molecule has 0 heterocycles. The van der Waals surface area contributed by atoms with E-state index in [4.69, 9.17) is 6.13 Å². The highest BCUT2D eigenvalue weighted by Crippen LogP contribution is 2.41. The van der Waals surface area contributed by atoms with Crippen molar-refractivity contribution in [1.82, 2.24) is 0 Å². The van der Waals surface area contributed by atoms with Crippen LogP contribution in [-0.2, 0) is 0 Å². The molecule has 3 heteroatoms. The first-order valence-corrected chi connectivity index (χ1v) is 3.48. The predicted octanol–water partition coefficient (Wildman–Crippen LogP) is 2.18. The standard InChI is InChI=1S/C5H4NOP/c1-4-3-5(4)8(2)6-7/h2H,1H3. The molecule has 2 nitrogen and oxygen atoms in total. The van der Waals surface area contributed by atoms with Crippen LogP contribution in [0.4, 0.5) is 0 Å². The van der Waals surface area contributed by atoms with E-state index in [0.717, 1.165) is 10.9 Å². The third-order valence-corrected chi connectivity index (χ3v) is 2.00. The number of rotatable bonds is 0. The van der Waals surface area contributed by atoms with Gasteiger partial charge in [0.1, 0.15) is 0 Å². The van der Waals surface area contributed by atoms with Gasteiger partial charge < -0.3 is 0 Å². The molecule has 0 aromatic carbocycles. The monoisotopic (exact) mass is 125 g/mol. The molecule has 0 N–H and O–H groups in total. The largest absolute Gasteiger partial charge is 0.141 e. The SMILES string of the molecule is C#P(N=O)C1=C=C1C. The van der Waals surface area contributed by atoms with Gasteiger partial charge in [0, 0.05) is 5.57 Å². The first-order valence-electron chi connectivity index (χ1n) is 2.11. The third kappa shape index (κ3) is 0.731. The van der Waals surface area contributed by atoms with E-state index in [9.17, 15) is 4.91 Å². The van der Waals surface area contributed by atoms with Gasteiger partial charge in [0.25, 0.3) is 0 Å². The highest BCUT2D eigenvalue weighted by molar-refractivity contribution is 7.50. The molecule has 0 aromatic rings. The summed E-state index contributed by atoms with van der Waals surface area (Å²) in [7, 11) is -1.23. The Bertz CT molecular complexity index is 262. The lowest BCUT2D eigenvalue weighted by atomic mass is 10.6. The quantitative estimate of drug-likeness (QED) is 0.277. The van der Waals surface area contributed by atoms with E-state index in [1.165, 1.54) is 0 Å². The molecule has 0 bridgehead atoms. The van der Waals surface area contributed by atoms with Gasteiger partial charge in [-0.2, -0.15) is 0 Å². The van der Waals surface area contributed by atoms with E-state index in [1.807, 2.05) is 6.92 Å². The summed E-state index contributed by atoms with van der Waals surface area (Å²) in [4.78, 5) is 12.4. The Balaban J connectivity index is 2.61. The van der Waals surface area contributed by atoms with Crippen molar-refractivity contribution in [3.8, 4) is 6.13 Å². The van der Waals surface area contributed by atoms with Crippen LogP contribution in [-0.4, -0.2) is 0 Å². The summed E-state index contributed by atoms with van der Waals surface area (Å²) >= 11 is 0. The molecule has 1 aliphatic carbocycles. The lowest BCUT2D eigenvalue weighted by Crippen LogP contribution is -1.50. The van der Waals surface area contributed by atoms with Gasteiger partial charge in [-0.3, -0.25) is 0 Å². The maximum Gasteiger partial charge on any atom is 0.0961 e. The maximum absolute atomic E-state index is 9.71. The molecule has 0 spiro atoms. The van der Waals surface area contributed by atoms with Crippen LogP contribution >= 0.6 is 7.53 Å². The fourth-order valence-corrected chi connectivity index (χ4v) is 1.12. The predicted molar refractivity (Wildman–Crippen MR) is 33.9 cm³/mol. The van der Waals surface area contributed by atoms with Gasteiger partial charge in [-0.15, -0.1) is 16.8 Å². The van der Waals surface area contributed by atoms with E-state index < -0.39 is 7.53 Å². The van der Waals surface area contributed by atoms with Crippen molar-refractivity contribution in [2.45, 2.75) is 6.92 Å². The summed E-state index contributed by atoms with van der Waals surface area (Å²) in [6, 6.07) is 0. The Labute approximate surface area is 48.0 Å². The maximum atomic E-state index is 9.71. The van der Waals surface area contributed by atoms with Crippen molar-refractivity contribution in [3.05, 3.63) is 21.5 Å². The lowest BCUT2D eigenvalue weighted by Gasteiger charge is -1.77. The van der Waals surface area contributed by atoms with Crippen LogP contribution < -0.4 is 0 Å². The Hall–Kier alpha value is -0.800. The van der Waals surface area contributed by atoms with Crippen LogP contribution in [0.15, 0.2) is 21.6 Å². The molecule has 0 saturated carbocycles. The summed E-state index contributed by atoms with van der Waals surface area (Å²) in [6.45, 7) is 1.86. The average Bonchev–Trinajstić information content (AvgIpc) is 2.45. The van der Waals surface area contributed by atoms with E-state index >= 15 is 0 Å². The molecule has 0 fully saturated rings. The second kappa shape index (κ2) is 1.61. The third-order valence-electron chi connectivity index (χ3n) is 0.916. The Kier molecular flexibility index (Phi) is 1.08. The van der Waals surface area contributed by atoms with Gasteiger partial charge in [0.2, 0.25) is 0 Å². The zero-order chi connectivity index (χ0) is 6.15. The fourth-order valence-electron chi connectivity index (χ4n) is 0.416. The molecule has 40 valence electrons. The van der Waals surface area contributed by atoms with Crippen LogP contribution in [0.3, 0.4) is 0 Å². The van der Waals surface area contributed by atoms with E-state index in [-0.39, 0.29) is 0 Å². The van der Waals surface area contributed by atoms with Gasteiger partial charge >= 0.3 is 0 Å². The topological polar surface area (TPSA) is 29.4 Å². The molecule has 0 saturated heterocycles. The minimum Gasteiger partial charge on any atom is -0.141 e. The van der Waals surface area contributed by atoms with Crippen molar-refractivity contribution >= 4 is 7.53 Å². The first kappa shape index (κ1) is 5.34. The van der Waals surface area contributed by atoms with Crippen LogP contribution in [0.25, 0.3) is 0 Å². The van der Waals surface area contributed by atoms with Crippen LogP contribution in [0.1, 0.15) is 6.92 Å². The molecular weight excluding hydrogens is 121 g/mol. The summed E-state index contributed by atoms with van der Waals surface area (Å²) in [5.74, 6) is 0. The molecule has 0 aromatic heterocycles. The van der Waals surface area contributed by atoms with E-state index in [1.54, 1.807) is 0 Å². The average molecular weight is 125 g/mol. The number of nitroso groups, excluding NO2 is 1. The zero-order valence-electron chi connectivity index (χ0n) is 4.38. The smallest absolute Gasteiger partial charge is 0.0961 e. The second-order valence-corrected chi connectivity index (χ2v) is 2.82. The number of nitrogens with zero attached hydrogens (tertiary/aromatic N) is 1. The van der Waals surface area contributed by atoms with Crippen LogP contribution in [0.2, 0.25) is 0 Å². The van der Waals surface area contributed by atoms with Crippen LogP contribution in [0.5, 0.6) is 0 Å². The van der Waals surface area contributed by atoms with E-state index in [0.29, 0.717) is 0 Å². The zero-order valence-corrected chi connectivity index (χ0v) is 5.27. The Morgan fingerprint density at radius 2 is 2.38 bits per heavy atom. The molecule has 0 aliphatic heterocycles. The molecule has 0 radical (unpaired) electrons. The molecule has 1 aliphatic rings. The number of allylic oxidation sites excluding steroid dienone is 1. The van der Waals surface area contributed by atoms with Crippen molar-refractivity contribution in [3.63, 3.8) is 0 Å². The summed E-state index contributed by atoms with van der Waals surface area (Å²) < 4.78 is 0. The highest BCUT2D eigenvalue weighted by atomic mass is 31.1. The van der Waals surface area contributed by atoms with Crippen molar-refractivity contribution in [2.75, 3.05) is 0 Å². The number of hydrogen-bond acceptors (Lipinski definition) is 2. The Morgan fingerprint density at radius 3 is 2.50 bits per heavy atom. The van der Waals surface area contributed by atoms with Gasteiger partial charge in [-0.1, -0.05) is 0 Å². The molecule has 1 unspecified atom stereocenters. The number of hydrogen-bond donors (Lipinski definition) is 0. The first-order chi connectivity index (χ1) is 3.75. The van der Waals surface area contributed by atoms with Crippen molar-refractivity contribution in [1.29, 1.82) is 0 Å². The normalized spacial score (nSPS) is 16.2. The second-order valence-electron chi connectivity index (χ2n) is 1.52. The van der Waals surface area contributed by atoms with Crippen LogP contribution in [0, 0.1) is 11.0 Å². The molecule has 1 atom stereocenters. The summed E-state index contributed by atoms with van der Waals surface area (Å²) in [5, 5.41) is 0.829. The fraction of sp³-hybridized carbons (Fsp3) is 0.200. The van der Waals surface area contributed by atoms with E-state index in [2.05, 4.69) is 10.7 Å². The minimum absolute atomic E-state index is 0.829. The van der Waals surface area contributed by atoms with Gasteiger partial charge in [-0.05, 0) is 11.9 Å². The summed E-state index contributed by atoms with van der Waals surface area (Å²) in [6.07, 6.45) is 5.23. The van der Waals surface area contributed by atoms with Gasteiger partial charge in [0.15, 0.2) is 0 Å². The molecular formula is C5H4NOP. The lowest BCUT2D eigenvalue weighted by molar-refractivity contribution is 1.65. The summed E-state index contributed by atoms with van der Waals surface area (Å²) in [5.41, 5.74) is 3.82. The van der Waals surface area contributed by atoms with Crippen molar-refractivity contribution in [2.24, 2.45) is 4.95 Å². The molecule has 8 heavy (non-hydrogen) atoms. The molecule has 0 amide bonds. The molecule has 1 rings (SSSR count). The highest BCUT2D eigenvalue weighted by Gasteiger charge is 2.12.